The van der Waals surface area contributed by atoms with Crippen LogP contribution >= 0.6 is 0 Å². The van der Waals surface area contributed by atoms with E-state index in [1.54, 1.807) is 6.07 Å². The quantitative estimate of drug-likeness (QED) is 0.647. The summed E-state index contributed by atoms with van der Waals surface area (Å²) in [6.45, 7) is 0.786. The molecule has 2 N–H and O–H groups in total. The van der Waals surface area contributed by atoms with Crippen molar-refractivity contribution >= 4 is 11.8 Å². The number of hydrogen-bond donors (Lipinski definition) is 2. The fourth-order valence-electron chi connectivity index (χ4n) is 4.26. The first kappa shape index (κ1) is 15.6. The second kappa shape index (κ2) is 5.88. The van der Waals surface area contributed by atoms with Crippen LogP contribution in [0, 0.1) is 5.41 Å². The van der Waals surface area contributed by atoms with E-state index >= 15 is 0 Å². The molecule has 1 aliphatic heterocycles. The minimum atomic E-state index is -0.307. The van der Waals surface area contributed by atoms with Gasteiger partial charge in [0.1, 0.15) is 0 Å². The number of benzene rings is 1. The third-order valence-electron chi connectivity index (χ3n) is 6.08. The second-order valence-corrected chi connectivity index (χ2v) is 7.53. The van der Waals surface area contributed by atoms with Gasteiger partial charge in [0.05, 0.1) is 11.5 Å². The van der Waals surface area contributed by atoms with Gasteiger partial charge in [-0.05, 0) is 74.6 Å². The molecule has 0 radical (unpaired) electrons. The highest BCUT2D eigenvalue weighted by Gasteiger charge is 2.42. The summed E-state index contributed by atoms with van der Waals surface area (Å²) in [7, 11) is 0. The van der Waals surface area contributed by atoms with Crippen LogP contribution in [-0.2, 0) is 17.6 Å². The smallest absolute Gasteiger partial charge is 0.277 e. The summed E-state index contributed by atoms with van der Waals surface area (Å²) < 4.78 is 0. The largest absolute Gasteiger partial charge is 0.356 e. The molecule has 2 fully saturated rings. The van der Waals surface area contributed by atoms with Gasteiger partial charge in [0.25, 0.3) is 5.91 Å². The molecule has 0 unspecified atom stereocenters. The minimum Gasteiger partial charge on any atom is -0.356 e. The SMILES string of the molecule is O=C(c1ccc2c(c1)CC[C@]1(CCCNC1=O)C2)N(O)C1CCC1. The molecule has 4 rings (SSSR count). The number of hydroxylamine groups is 2. The minimum absolute atomic E-state index is 0.0252. The van der Waals surface area contributed by atoms with Gasteiger partial charge in [-0.3, -0.25) is 14.8 Å². The molecule has 2 aliphatic carbocycles. The summed E-state index contributed by atoms with van der Waals surface area (Å²) in [5.74, 6) is -0.121. The van der Waals surface area contributed by atoms with Crippen molar-refractivity contribution < 1.29 is 14.8 Å². The van der Waals surface area contributed by atoms with Gasteiger partial charge in [0.15, 0.2) is 0 Å². The highest BCUT2D eigenvalue weighted by Crippen LogP contribution is 2.41. The van der Waals surface area contributed by atoms with E-state index in [-0.39, 0.29) is 23.3 Å². The summed E-state index contributed by atoms with van der Waals surface area (Å²) in [5, 5.41) is 14.0. The Labute approximate surface area is 142 Å². The van der Waals surface area contributed by atoms with Gasteiger partial charge in [-0.1, -0.05) is 6.07 Å². The maximum atomic E-state index is 12.4. The average Bonchev–Trinajstić information content (AvgIpc) is 2.55. The molecule has 1 aromatic carbocycles. The van der Waals surface area contributed by atoms with E-state index in [1.165, 1.54) is 5.56 Å². The topological polar surface area (TPSA) is 69.6 Å². The first-order valence-corrected chi connectivity index (χ1v) is 9.02. The standard InChI is InChI=1S/C19H24N2O3/c22-17(21(24)16-3-1-4-16)14-5-6-15-12-19(9-7-13(15)11-14)8-2-10-20-18(19)23/h5-6,11,16,24H,1-4,7-10,12H2,(H,20,23)/t19-/m1/s1. The molecule has 3 aliphatic rings. The molecule has 2 amide bonds. The van der Waals surface area contributed by atoms with Crippen molar-refractivity contribution in [2.45, 2.75) is 57.4 Å². The van der Waals surface area contributed by atoms with Crippen molar-refractivity contribution in [1.82, 2.24) is 10.4 Å². The lowest BCUT2D eigenvalue weighted by Gasteiger charge is -2.40. The Balaban J connectivity index is 1.54. The number of nitrogens with zero attached hydrogens (tertiary/aromatic N) is 1. The Morgan fingerprint density at radius 1 is 1.21 bits per heavy atom. The Kier molecular flexibility index (Phi) is 3.83. The van der Waals surface area contributed by atoms with Crippen molar-refractivity contribution in [2.75, 3.05) is 6.54 Å². The molecule has 5 heteroatoms. The molecule has 0 aromatic heterocycles. The summed E-state index contributed by atoms with van der Waals surface area (Å²) >= 11 is 0. The van der Waals surface area contributed by atoms with E-state index in [4.69, 9.17) is 0 Å². The summed E-state index contributed by atoms with van der Waals surface area (Å²) in [5.41, 5.74) is 2.60. The molecule has 1 atom stereocenters. The van der Waals surface area contributed by atoms with Crippen LogP contribution in [0.2, 0.25) is 0 Å². The maximum absolute atomic E-state index is 12.4. The van der Waals surface area contributed by atoms with Gasteiger partial charge in [0.2, 0.25) is 5.91 Å². The number of rotatable bonds is 2. The molecule has 5 nitrogen and oxygen atoms in total. The first-order chi connectivity index (χ1) is 11.6. The number of amides is 2. The summed E-state index contributed by atoms with van der Waals surface area (Å²) in [6.07, 6.45) is 7.24. The van der Waals surface area contributed by atoms with Crippen LogP contribution in [0.3, 0.4) is 0 Å². The molecule has 24 heavy (non-hydrogen) atoms. The van der Waals surface area contributed by atoms with E-state index in [9.17, 15) is 14.8 Å². The first-order valence-electron chi connectivity index (χ1n) is 9.02. The normalized spacial score (nSPS) is 26.5. The molecule has 128 valence electrons. The lowest BCUT2D eigenvalue weighted by Crippen LogP contribution is -2.48. The Bertz CT molecular complexity index is 683. The number of hydrogen-bond acceptors (Lipinski definition) is 3. The van der Waals surface area contributed by atoms with Crippen molar-refractivity contribution in [3.63, 3.8) is 0 Å². The molecular weight excluding hydrogens is 304 g/mol. The highest BCUT2D eigenvalue weighted by atomic mass is 16.5. The number of piperidine rings is 1. The van der Waals surface area contributed by atoms with Crippen LogP contribution in [0.1, 0.15) is 60.0 Å². The zero-order valence-corrected chi connectivity index (χ0v) is 13.9. The maximum Gasteiger partial charge on any atom is 0.277 e. The third kappa shape index (κ3) is 2.51. The Morgan fingerprint density at radius 2 is 2.04 bits per heavy atom. The van der Waals surface area contributed by atoms with E-state index in [0.29, 0.717) is 5.56 Å². The molecule has 1 spiro atoms. The van der Waals surface area contributed by atoms with E-state index < -0.39 is 0 Å². The van der Waals surface area contributed by atoms with E-state index in [2.05, 4.69) is 5.32 Å². The van der Waals surface area contributed by atoms with Crippen LogP contribution in [-0.4, -0.2) is 34.7 Å². The lowest BCUT2D eigenvalue weighted by molar-refractivity contribution is -0.134. The zero-order chi connectivity index (χ0) is 16.7. The van der Waals surface area contributed by atoms with E-state index in [1.807, 2.05) is 12.1 Å². The van der Waals surface area contributed by atoms with Crippen molar-refractivity contribution in [3.8, 4) is 0 Å². The monoisotopic (exact) mass is 328 g/mol. The van der Waals surface area contributed by atoms with Crippen molar-refractivity contribution in [3.05, 3.63) is 34.9 Å². The number of carbonyl (C=O) groups is 2. The van der Waals surface area contributed by atoms with Gasteiger partial charge in [-0.25, -0.2) is 5.06 Å². The van der Waals surface area contributed by atoms with Crippen LogP contribution < -0.4 is 5.32 Å². The van der Waals surface area contributed by atoms with Crippen LogP contribution in [0.4, 0.5) is 0 Å². The number of fused-ring (bicyclic) bond motifs is 1. The third-order valence-corrected chi connectivity index (χ3v) is 6.08. The van der Waals surface area contributed by atoms with Gasteiger partial charge in [-0.15, -0.1) is 0 Å². The fourth-order valence-corrected chi connectivity index (χ4v) is 4.26. The summed E-state index contributed by atoms with van der Waals surface area (Å²) in [6, 6.07) is 5.65. The van der Waals surface area contributed by atoms with Crippen molar-refractivity contribution in [2.24, 2.45) is 5.41 Å². The van der Waals surface area contributed by atoms with Gasteiger partial charge in [0, 0.05) is 12.1 Å². The van der Waals surface area contributed by atoms with Crippen LogP contribution in [0.5, 0.6) is 0 Å². The molecule has 1 saturated carbocycles. The second-order valence-electron chi connectivity index (χ2n) is 7.53. The van der Waals surface area contributed by atoms with Crippen LogP contribution in [0.15, 0.2) is 18.2 Å². The highest BCUT2D eigenvalue weighted by molar-refractivity contribution is 5.94. The lowest BCUT2D eigenvalue weighted by atomic mass is 9.67. The zero-order valence-electron chi connectivity index (χ0n) is 13.9. The molecular formula is C19H24N2O3. The van der Waals surface area contributed by atoms with Gasteiger partial charge in [-0.2, -0.15) is 0 Å². The van der Waals surface area contributed by atoms with E-state index in [0.717, 1.165) is 68.5 Å². The van der Waals surface area contributed by atoms with Gasteiger partial charge >= 0.3 is 0 Å². The molecule has 1 heterocycles. The van der Waals surface area contributed by atoms with Gasteiger partial charge < -0.3 is 5.32 Å². The predicted molar refractivity (Wildman–Crippen MR) is 88.7 cm³/mol. The Hall–Kier alpha value is -1.88. The van der Waals surface area contributed by atoms with Crippen molar-refractivity contribution in [1.29, 1.82) is 0 Å². The number of nitrogens with one attached hydrogen (secondary N) is 1. The summed E-state index contributed by atoms with van der Waals surface area (Å²) in [4.78, 5) is 24.8. The Morgan fingerprint density at radius 3 is 2.75 bits per heavy atom. The number of aryl methyl sites for hydroxylation is 1. The molecule has 1 saturated heterocycles. The molecule has 1 aromatic rings. The predicted octanol–water partition coefficient (Wildman–Crippen LogP) is 2.46. The average molecular weight is 328 g/mol. The fraction of sp³-hybridized carbons (Fsp3) is 0.579. The molecule has 0 bridgehead atoms. The number of carbonyl (C=O) groups excluding carboxylic acids is 2. The van der Waals surface area contributed by atoms with Crippen LogP contribution in [0.25, 0.3) is 0 Å².